The summed E-state index contributed by atoms with van der Waals surface area (Å²) in [6.45, 7) is -0.137. The zero-order valence-electron chi connectivity index (χ0n) is 8.67. The van der Waals surface area contributed by atoms with Gasteiger partial charge in [-0.3, -0.25) is 14.3 Å². The Balaban J connectivity index is 2.34. The van der Waals surface area contributed by atoms with Gasteiger partial charge in [-0.1, -0.05) is 0 Å². The molecule has 1 aromatic rings. The van der Waals surface area contributed by atoms with Gasteiger partial charge in [-0.2, -0.15) is 0 Å². The largest absolute Gasteiger partial charge is 0.395 e. The maximum Gasteiger partial charge on any atom is 0.329 e. The summed E-state index contributed by atoms with van der Waals surface area (Å²) in [5.74, 6) is 0. The second-order valence-electron chi connectivity index (χ2n) is 3.76. The molecule has 6 nitrogen and oxygen atoms in total. The maximum absolute atomic E-state index is 11.6. The smallest absolute Gasteiger partial charge is 0.329 e. The van der Waals surface area contributed by atoms with Crippen molar-refractivity contribution in [2.24, 2.45) is 0 Å². The Morgan fingerprint density at radius 2 is 2.29 bits per heavy atom. The monoisotopic (exact) mass is 322 g/mol. The third kappa shape index (κ3) is 2.49. The van der Waals surface area contributed by atoms with Gasteiger partial charge in [-0.05, 0) is 15.9 Å². The van der Waals surface area contributed by atoms with E-state index < -0.39 is 17.4 Å². The van der Waals surface area contributed by atoms with Crippen LogP contribution in [0.5, 0.6) is 0 Å². The van der Waals surface area contributed by atoms with Crippen LogP contribution in [0.4, 0.5) is 0 Å². The highest BCUT2D eigenvalue weighted by Crippen LogP contribution is 2.40. The third-order valence-corrected chi connectivity index (χ3v) is 4.73. The average Bonchev–Trinajstić information content (AvgIpc) is 2.65. The number of aromatic amines is 1. The van der Waals surface area contributed by atoms with Crippen molar-refractivity contribution in [3.05, 3.63) is 31.5 Å². The topological polar surface area (TPSA) is 95.3 Å². The molecular weight excluding hydrogens is 312 g/mol. The van der Waals surface area contributed by atoms with Crippen molar-refractivity contribution in [3.63, 3.8) is 0 Å². The van der Waals surface area contributed by atoms with Gasteiger partial charge in [-0.25, -0.2) is 4.79 Å². The van der Waals surface area contributed by atoms with Gasteiger partial charge in [0.05, 0.1) is 27.8 Å². The van der Waals surface area contributed by atoms with E-state index in [1.54, 1.807) is 0 Å². The van der Waals surface area contributed by atoms with Crippen molar-refractivity contribution in [3.8, 4) is 0 Å². The van der Waals surface area contributed by atoms with E-state index in [0.29, 0.717) is 6.42 Å². The molecule has 8 heteroatoms. The van der Waals surface area contributed by atoms with E-state index in [1.165, 1.54) is 22.5 Å². The average molecular weight is 323 g/mol. The van der Waals surface area contributed by atoms with Gasteiger partial charge in [-0.15, -0.1) is 11.8 Å². The fourth-order valence-corrected chi connectivity index (χ4v) is 3.42. The van der Waals surface area contributed by atoms with Crippen LogP contribution < -0.4 is 11.2 Å². The summed E-state index contributed by atoms with van der Waals surface area (Å²) < 4.78 is 1.62. The number of nitrogens with zero attached hydrogens (tertiary/aromatic N) is 1. The number of aliphatic hydroxyl groups is 2. The molecule has 0 saturated carbocycles. The predicted octanol–water partition coefficient (Wildman–Crippen LogP) is -0.344. The summed E-state index contributed by atoms with van der Waals surface area (Å²) in [4.78, 5) is 25.0. The fourth-order valence-electron chi connectivity index (χ4n) is 1.72. The molecular formula is C9H11BrN2O4S. The Kier molecular flexibility index (Phi) is 3.76. The Morgan fingerprint density at radius 3 is 2.88 bits per heavy atom. The predicted molar refractivity (Wildman–Crippen MR) is 67.1 cm³/mol. The summed E-state index contributed by atoms with van der Waals surface area (Å²) in [7, 11) is 0. The number of nitrogens with one attached hydrogen (secondary N) is 1. The summed E-state index contributed by atoms with van der Waals surface area (Å²) in [6.07, 6.45) is 1.13. The minimum Gasteiger partial charge on any atom is -0.395 e. The first kappa shape index (κ1) is 12.9. The van der Waals surface area contributed by atoms with Crippen molar-refractivity contribution in [1.82, 2.24) is 9.55 Å². The molecule has 3 atom stereocenters. The van der Waals surface area contributed by atoms with Crippen LogP contribution in [0, 0.1) is 0 Å². The highest BCUT2D eigenvalue weighted by atomic mass is 79.9. The van der Waals surface area contributed by atoms with E-state index >= 15 is 0 Å². The summed E-state index contributed by atoms with van der Waals surface area (Å²) in [5.41, 5.74) is -0.991. The van der Waals surface area contributed by atoms with Gasteiger partial charge in [0.15, 0.2) is 0 Å². The van der Waals surface area contributed by atoms with Crippen molar-refractivity contribution in [1.29, 1.82) is 0 Å². The zero-order valence-corrected chi connectivity index (χ0v) is 11.1. The molecule has 0 spiro atoms. The first-order valence-corrected chi connectivity index (χ1v) is 6.72. The molecule has 1 fully saturated rings. The molecule has 1 aromatic heterocycles. The van der Waals surface area contributed by atoms with E-state index in [-0.39, 0.29) is 21.7 Å². The Labute approximate surface area is 109 Å². The molecule has 2 rings (SSSR count). The SMILES string of the molecule is O=c1[nH]c(=O)n(C2C[C@H](O)[C@H](CO)S2)cc1Br. The van der Waals surface area contributed by atoms with Gasteiger partial charge >= 0.3 is 5.69 Å². The van der Waals surface area contributed by atoms with Crippen molar-refractivity contribution < 1.29 is 10.2 Å². The molecule has 1 aliphatic heterocycles. The molecule has 17 heavy (non-hydrogen) atoms. The number of thioether (sulfide) groups is 1. The number of H-pyrrole nitrogens is 1. The molecule has 0 aromatic carbocycles. The molecule has 1 aliphatic rings. The number of hydrogen-bond acceptors (Lipinski definition) is 5. The molecule has 1 unspecified atom stereocenters. The molecule has 3 N–H and O–H groups in total. The van der Waals surface area contributed by atoms with Crippen LogP contribution in [-0.4, -0.2) is 37.7 Å². The molecule has 1 saturated heterocycles. The molecule has 0 aliphatic carbocycles. The molecule has 2 heterocycles. The van der Waals surface area contributed by atoms with Crippen molar-refractivity contribution >= 4 is 27.7 Å². The number of hydrogen-bond donors (Lipinski definition) is 3. The summed E-state index contributed by atoms with van der Waals surface area (Å²) in [5, 5.41) is 18.1. The lowest BCUT2D eigenvalue weighted by atomic mass is 10.2. The number of aromatic nitrogens is 2. The van der Waals surface area contributed by atoms with Crippen LogP contribution in [0.2, 0.25) is 0 Å². The number of rotatable bonds is 2. The van der Waals surface area contributed by atoms with Gasteiger partial charge in [0.1, 0.15) is 0 Å². The van der Waals surface area contributed by atoms with Crippen LogP contribution in [0.25, 0.3) is 0 Å². The highest BCUT2D eigenvalue weighted by Gasteiger charge is 2.34. The lowest BCUT2D eigenvalue weighted by Gasteiger charge is -2.12. The molecule has 0 amide bonds. The van der Waals surface area contributed by atoms with E-state index in [4.69, 9.17) is 5.11 Å². The van der Waals surface area contributed by atoms with Crippen LogP contribution in [0.1, 0.15) is 11.8 Å². The summed E-state index contributed by atoms with van der Waals surface area (Å²) in [6, 6.07) is 0. The van der Waals surface area contributed by atoms with E-state index in [1.807, 2.05) is 0 Å². The third-order valence-electron chi connectivity index (χ3n) is 2.62. The van der Waals surface area contributed by atoms with E-state index in [2.05, 4.69) is 20.9 Å². The van der Waals surface area contributed by atoms with Crippen LogP contribution >= 0.6 is 27.7 Å². The highest BCUT2D eigenvalue weighted by molar-refractivity contribution is 9.10. The Morgan fingerprint density at radius 1 is 1.59 bits per heavy atom. The van der Waals surface area contributed by atoms with Crippen molar-refractivity contribution in [2.45, 2.75) is 23.1 Å². The second-order valence-corrected chi connectivity index (χ2v) is 6.03. The molecule has 0 bridgehead atoms. The van der Waals surface area contributed by atoms with Gasteiger partial charge in [0.2, 0.25) is 0 Å². The molecule has 0 radical (unpaired) electrons. The number of aliphatic hydroxyl groups excluding tert-OH is 2. The first-order chi connectivity index (χ1) is 8.02. The lowest BCUT2D eigenvalue weighted by Crippen LogP contribution is -2.31. The minimum absolute atomic E-state index is 0.137. The first-order valence-electron chi connectivity index (χ1n) is 4.98. The van der Waals surface area contributed by atoms with Crippen LogP contribution in [0.15, 0.2) is 20.3 Å². The normalized spacial score (nSPS) is 28.5. The standard InChI is InChI=1S/C9H11BrN2O4S/c10-4-2-12(9(16)11-8(4)15)7-1-5(14)6(3-13)17-7/h2,5-7,13-14H,1,3H2,(H,11,15,16)/t5-,6-,7?/m0/s1. The molecule has 94 valence electrons. The zero-order chi connectivity index (χ0) is 12.6. The van der Waals surface area contributed by atoms with Crippen molar-refractivity contribution in [2.75, 3.05) is 6.61 Å². The van der Waals surface area contributed by atoms with E-state index in [0.717, 1.165) is 0 Å². The minimum atomic E-state index is -0.646. The van der Waals surface area contributed by atoms with Gasteiger partial charge in [0, 0.05) is 12.6 Å². The van der Waals surface area contributed by atoms with Gasteiger partial charge in [0.25, 0.3) is 5.56 Å². The quantitative estimate of drug-likeness (QED) is 0.692. The number of halogens is 1. The fraction of sp³-hybridized carbons (Fsp3) is 0.556. The van der Waals surface area contributed by atoms with Crippen LogP contribution in [0.3, 0.4) is 0 Å². The Bertz CT molecular complexity index is 528. The second kappa shape index (κ2) is 4.97. The van der Waals surface area contributed by atoms with Gasteiger partial charge < -0.3 is 10.2 Å². The lowest BCUT2D eigenvalue weighted by molar-refractivity contribution is 0.137. The van der Waals surface area contributed by atoms with Crippen LogP contribution in [-0.2, 0) is 0 Å². The Hall–Kier alpha value is -0.570. The maximum atomic E-state index is 11.6. The summed E-state index contributed by atoms with van der Waals surface area (Å²) >= 11 is 4.37. The van der Waals surface area contributed by atoms with E-state index in [9.17, 15) is 14.7 Å².